The zero-order chi connectivity index (χ0) is 11.5. The summed E-state index contributed by atoms with van der Waals surface area (Å²) in [6.07, 6.45) is 1.77. The number of fused-ring (bicyclic) bond motifs is 1. The molecule has 0 aliphatic carbocycles. The lowest BCUT2D eigenvalue weighted by molar-refractivity contribution is 0.0502. The van der Waals surface area contributed by atoms with Crippen molar-refractivity contribution in [2.45, 2.75) is 26.9 Å². The van der Waals surface area contributed by atoms with Gasteiger partial charge in [-0.25, -0.2) is 9.78 Å². The van der Waals surface area contributed by atoms with Crippen molar-refractivity contribution in [1.82, 2.24) is 14.5 Å². The zero-order valence-corrected chi connectivity index (χ0v) is 9.77. The predicted molar refractivity (Wildman–Crippen MR) is 59.1 cm³/mol. The summed E-state index contributed by atoms with van der Waals surface area (Å²) in [4.78, 5) is 18.1. The van der Waals surface area contributed by atoms with Gasteiger partial charge in [-0.15, -0.1) is 0 Å². The van der Waals surface area contributed by atoms with Crippen molar-refractivity contribution >= 4 is 5.97 Å². The van der Waals surface area contributed by atoms with Gasteiger partial charge in [0.05, 0.1) is 18.5 Å². The molecule has 1 aliphatic heterocycles. The Labute approximate surface area is 95.0 Å². The second kappa shape index (κ2) is 4.65. The van der Waals surface area contributed by atoms with E-state index >= 15 is 0 Å². The Hall–Kier alpha value is -1.36. The van der Waals surface area contributed by atoms with Gasteiger partial charge >= 0.3 is 5.97 Å². The molecule has 0 saturated carbocycles. The quantitative estimate of drug-likeness (QED) is 0.714. The van der Waals surface area contributed by atoms with E-state index in [9.17, 15) is 4.79 Å². The molecule has 16 heavy (non-hydrogen) atoms. The fourth-order valence-electron chi connectivity index (χ4n) is 1.96. The number of carbonyl (C=O) groups excluding carboxylic acids is 1. The highest BCUT2D eigenvalue weighted by Gasteiger charge is 2.22. The molecule has 0 radical (unpaired) electrons. The Bertz CT molecular complexity index is 387. The molecule has 0 atom stereocenters. The minimum Gasteiger partial charge on any atom is -0.460 e. The van der Waals surface area contributed by atoms with Crippen LogP contribution in [0, 0.1) is 0 Å². The van der Waals surface area contributed by atoms with E-state index in [1.54, 1.807) is 13.1 Å². The number of esters is 1. The monoisotopic (exact) mass is 223 g/mol. The van der Waals surface area contributed by atoms with Crippen LogP contribution in [0.4, 0.5) is 0 Å². The number of likely N-dealkylation sites (N-methyl/N-ethyl adjacent to an activating group) is 1. The standard InChI is InChI=1S/C11H17N3O2/c1-3-13-5-6-14-9(8-13)7-12-10(14)11(15)16-4-2/h7H,3-6,8H2,1-2H3. The SMILES string of the molecule is CCOC(=O)c1ncc2n1CCN(CC)C2. The number of imidazole rings is 1. The first-order valence-electron chi connectivity index (χ1n) is 5.70. The molecule has 1 aromatic heterocycles. The normalized spacial score (nSPS) is 15.9. The summed E-state index contributed by atoms with van der Waals surface area (Å²) < 4.78 is 6.93. The Balaban J connectivity index is 2.19. The van der Waals surface area contributed by atoms with Crippen LogP contribution < -0.4 is 0 Å². The average Bonchev–Trinajstić information content (AvgIpc) is 2.71. The number of hydrogen-bond acceptors (Lipinski definition) is 4. The van der Waals surface area contributed by atoms with Crippen molar-refractivity contribution in [3.05, 3.63) is 17.7 Å². The Morgan fingerprint density at radius 3 is 3.00 bits per heavy atom. The van der Waals surface area contributed by atoms with Crippen molar-refractivity contribution in [3.8, 4) is 0 Å². The van der Waals surface area contributed by atoms with Crippen LogP contribution in [0.15, 0.2) is 6.20 Å². The van der Waals surface area contributed by atoms with Crippen LogP contribution in [-0.4, -0.2) is 40.1 Å². The molecule has 0 spiro atoms. The van der Waals surface area contributed by atoms with Gasteiger partial charge in [-0.05, 0) is 13.5 Å². The van der Waals surface area contributed by atoms with Gasteiger partial charge in [0.1, 0.15) is 0 Å². The number of carbonyl (C=O) groups is 1. The molecule has 1 aromatic rings. The summed E-state index contributed by atoms with van der Waals surface area (Å²) in [5, 5.41) is 0. The highest BCUT2D eigenvalue weighted by atomic mass is 16.5. The van der Waals surface area contributed by atoms with E-state index in [1.165, 1.54) is 0 Å². The average molecular weight is 223 g/mol. The number of ether oxygens (including phenoxy) is 1. The molecule has 0 fully saturated rings. The Kier molecular flexibility index (Phi) is 3.24. The lowest BCUT2D eigenvalue weighted by Crippen LogP contribution is -2.34. The van der Waals surface area contributed by atoms with Crippen molar-refractivity contribution in [2.24, 2.45) is 0 Å². The first-order valence-corrected chi connectivity index (χ1v) is 5.70. The highest BCUT2D eigenvalue weighted by Crippen LogP contribution is 2.14. The molecule has 1 aliphatic rings. The van der Waals surface area contributed by atoms with Crippen LogP contribution >= 0.6 is 0 Å². The fraction of sp³-hybridized carbons (Fsp3) is 0.636. The molecule has 2 rings (SSSR count). The predicted octanol–water partition coefficient (Wildman–Crippen LogP) is 0.895. The van der Waals surface area contributed by atoms with E-state index in [1.807, 2.05) is 4.57 Å². The summed E-state index contributed by atoms with van der Waals surface area (Å²) in [6.45, 7) is 8.00. The minimum absolute atomic E-state index is 0.321. The summed E-state index contributed by atoms with van der Waals surface area (Å²) in [5.41, 5.74) is 1.09. The smallest absolute Gasteiger partial charge is 0.374 e. The van der Waals surface area contributed by atoms with Crippen molar-refractivity contribution in [2.75, 3.05) is 19.7 Å². The topological polar surface area (TPSA) is 47.4 Å². The first-order chi connectivity index (χ1) is 7.76. The van der Waals surface area contributed by atoms with E-state index < -0.39 is 0 Å². The fourth-order valence-corrected chi connectivity index (χ4v) is 1.96. The second-order valence-corrected chi connectivity index (χ2v) is 3.81. The number of nitrogens with zero attached hydrogens (tertiary/aromatic N) is 3. The molecule has 88 valence electrons. The first kappa shape index (κ1) is 11.1. The van der Waals surface area contributed by atoms with Crippen molar-refractivity contribution < 1.29 is 9.53 Å². The molecule has 0 N–H and O–H groups in total. The molecule has 5 heteroatoms. The van der Waals surface area contributed by atoms with Crippen LogP contribution in [0.2, 0.25) is 0 Å². The maximum absolute atomic E-state index is 11.6. The summed E-state index contributed by atoms with van der Waals surface area (Å²) in [7, 11) is 0. The third-order valence-electron chi connectivity index (χ3n) is 2.87. The maximum Gasteiger partial charge on any atom is 0.374 e. The van der Waals surface area contributed by atoms with Crippen LogP contribution in [0.25, 0.3) is 0 Å². The minimum atomic E-state index is -0.321. The molecule has 5 nitrogen and oxygen atoms in total. The summed E-state index contributed by atoms with van der Waals surface area (Å²) in [6, 6.07) is 0. The van der Waals surface area contributed by atoms with Crippen LogP contribution in [-0.2, 0) is 17.8 Å². The van der Waals surface area contributed by atoms with Crippen molar-refractivity contribution in [1.29, 1.82) is 0 Å². The second-order valence-electron chi connectivity index (χ2n) is 3.81. The molecule has 2 heterocycles. The molecule has 0 bridgehead atoms. The zero-order valence-electron chi connectivity index (χ0n) is 9.77. The molecular weight excluding hydrogens is 206 g/mol. The third-order valence-corrected chi connectivity index (χ3v) is 2.87. The Morgan fingerprint density at radius 1 is 1.50 bits per heavy atom. The highest BCUT2D eigenvalue weighted by molar-refractivity contribution is 5.85. The number of hydrogen-bond donors (Lipinski definition) is 0. The third kappa shape index (κ3) is 1.95. The van der Waals surface area contributed by atoms with Crippen molar-refractivity contribution in [3.63, 3.8) is 0 Å². The van der Waals surface area contributed by atoms with Gasteiger partial charge in [0.2, 0.25) is 5.82 Å². The molecule has 0 saturated heterocycles. The number of rotatable bonds is 3. The van der Waals surface area contributed by atoms with Gasteiger partial charge in [0.25, 0.3) is 0 Å². The molecule has 0 amide bonds. The van der Waals surface area contributed by atoms with Crippen LogP contribution in [0.5, 0.6) is 0 Å². The van der Waals surface area contributed by atoms with E-state index in [0.717, 1.165) is 31.9 Å². The van der Waals surface area contributed by atoms with E-state index in [0.29, 0.717) is 12.4 Å². The lowest BCUT2D eigenvalue weighted by Gasteiger charge is -2.27. The molecule has 0 unspecified atom stereocenters. The van der Waals surface area contributed by atoms with Crippen LogP contribution in [0.1, 0.15) is 30.2 Å². The van der Waals surface area contributed by atoms with Gasteiger partial charge < -0.3 is 9.30 Å². The summed E-state index contributed by atoms with van der Waals surface area (Å²) in [5.74, 6) is 0.117. The number of aromatic nitrogens is 2. The van der Waals surface area contributed by atoms with Gasteiger partial charge in [-0.1, -0.05) is 6.92 Å². The van der Waals surface area contributed by atoms with Gasteiger partial charge in [0, 0.05) is 19.6 Å². The van der Waals surface area contributed by atoms with E-state index in [-0.39, 0.29) is 5.97 Å². The molecule has 0 aromatic carbocycles. The van der Waals surface area contributed by atoms with E-state index in [4.69, 9.17) is 4.74 Å². The van der Waals surface area contributed by atoms with Gasteiger partial charge in [0.15, 0.2) is 0 Å². The molecular formula is C11H17N3O2. The maximum atomic E-state index is 11.6. The van der Waals surface area contributed by atoms with Gasteiger partial charge in [-0.3, -0.25) is 4.90 Å². The van der Waals surface area contributed by atoms with Crippen LogP contribution in [0.3, 0.4) is 0 Å². The summed E-state index contributed by atoms with van der Waals surface area (Å²) >= 11 is 0. The Morgan fingerprint density at radius 2 is 2.31 bits per heavy atom. The lowest BCUT2D eigenvalue weighted by atomic mass is 10.3. The van der Waals surface area contributed by atoms with E-state index in [2.05, 4.69) is 16.8 Å². The van der Waals surface area contributed by atoms with Gasteiger partial charge in [-0.2, -0.15) is 0 Å². The largest absolute Gasteiger partial charge is 0.460 e.